The van der Waals surface area contributed by atoms with Gasteiger partial charge >= 0.3 is 0 Å². The number of hydrogen-bond acceptors (Lipinski definition) is 6. The number of sulfonamides is 1. The standard InChI is InChI=1S/C19H28N4O3S2/c1-16(18(24)21(2)19(15-20)8-4-3-5-9-19)22-10-12-23(13-11-22)28(25,26)17-7-6-14-27-17/h6-7,14,16H,3-5,8-13H2,1-2H3/t16-/m0/s1. The average Bonchev–Trinajstić information content (AvgIpc) is 3.28. The van der Waals surface area contributed by atoms with Gasteiger partial charge in [0.25, 0.3) is 10.0 Å². The molecule has 154 valence electrons. The summed E-state index contributed by atoms with van der Waals surface area (Å²) in [4.78, 5) is 16.7. The third kappa shape index (κ3) is 3.96. The van der Waals surface area contributed by atoms with E-state index in [1.165, 1.54) is 15.6 Å². The van der Waals surface area contributed by atoms with Crippen LogP contribution in [-0.2, 0) is 14.8 Å². The van der Waals surface area contributed by atoms with Gasteiger partial charge in [-0.3, -0.25) is 9.69 Å². The topological polar surface area (TPSA) is 84.7 Å². The molecule has 1 atom stereocenters. The number of thiophene rings is 1. The lowest BCUT2D eigenvalue weighted by molar-refractivity contribution is -0.140. The quantitative estimate of drug-likeness (QED) is 0.723. The second-order valence-corrected chi connectivity index (χ2v) is 10.8. The molecule has 1 aromatic heterocycles. The lowest BCUT2D eigenvalue weighted by atomic mass is 9.81. The summed E-state index contributed by atoms with van der Waals surface area (Å²) in [6, 6.07) is 5.39. The van der Waals surface area contributed by atoms with E-state index < -0.39 is 15.6 Å². The summed E-state index contributed by atoms with van der Waals surface area (Å²) in [6.07, 6.45) is 4.51. The third-order valence-corrected chi connectivity index (χ3v) is 9.40. The highest BCUT2D eigenvalue weighted by Gasteiger charge is 2.41. The van der Waals surface area contributed by atoms with Crippen molar-refractivity contribution in [1.29, 1.82) is 5.26 Å². The van der Waals surface area contributed by atoms with Crippen molar-refractivity contribution in [2.75, 3.05) is 33.2 Å². The van der Waals surface area contributed by atoms with Gasteiger partial charge in [-0.25, -0.2) is 8.42 Å². The number of nitriles is 1. The first-order chi connectivity index (χ1) is 13.3. The molecular formula is C19H28N4O3S2. The van der Waals surface area contributed by atoms with Crippen LogP contribution >= 0.6 is 11.3 Å². The van der Waals surface area contributed by atoms with Crippen molar-refractivity contribution in [1.82, 2.24) is 14.1 Å². The van der Waals surface area contributed by atoms with Gasteiger partial charge in [0.15, 0.2) is 0 Å². The van der Waals surface area contributed by atoms with Crippen molar-refractivity contribution >= 4 is 27.3 Å². The molecule has 2 aliphatic rings. The van der Waals surface area contributed by atoms with Crippen LogP contribution in [0.15, 0.2) is 21.7 Å². The molecule has 1 saturated carbocycles. The lowest BCUT2D eigenvalue weighted by Gasteiger charge is -2.43. The van der Waals surface area contributed by atoms with E-state index in [2.05, 4.69) is 6.07 Å². The van der Waals surface area contributed by atoms with Crippen LogP contribution < -0.4 is 0 Å². The summed E-state index contributed by atoms with van der Waals surface area (Å²) < 4.78 is 27.2. The average molecular weight is 425 g/mol. The van der Waals surface area contributed by atoms with Crippen LogP contribution in [0.1, 0.15) is 39.0 Å². The molecule has 3 rings (SSSR count). The second-order valence-electron chi connectivity index (χ2n) is 7.65. The molecule has 1 aromatic rings. The number of likely N-dealkylation sites (N-methyl/N-ethyl adjacent to an activating group) is 1. The predicted molar refractivity (Wildman–Crippen MR) is 108 cm³/mol. The Labute approximate surface area is 171 Å². The van der Waals surface area contributed by atoms with Crippen molar-refractivity contribution in [3.8, 4) is 6.07 Å². The van der Waals surface area contributed by atoms with E-state index in [1.54, 1.807) is 29.5 Å². The number of carbonyl (C=O) groups is 1. The minimum atomic E-state index is -3.45. The van der Waals surface area contributed by atoms with E-state index in [1.807, 2.05) is 11.8 Å². The first kappa shape index (κ1) is 21.2. The Bertz CT molecular complexity index is 818. The Kier molecular flexibility index (Phi) is 6.44. The monoisotopic (exact) mass is 424 g/mol. The summed E-state index contributed by atoms with van der Waals surface area (Å²) in [5.74, 6) is -0.0574. The minimum absolute atomic E-state index is 0.0574. The Balaban J connectivity index is 1.62. The van der Waals surface area contributed by atoms with Crippen LogP contribution in [0.3, 0.4) is 0 Å². The molecule has 0 aromatic carbocycles. The van der Waals surface area contributed by atoms with E-state index in [9.17, 15) is 18.5 Å². The van der Waals surface area contributed by atoms with Gasteiger partial charge in [0.2, 0.25) is 5.91 Å². The van der Waals surface area contributed by atoms with Crippen molar-refractivity contribution in [2.24, 2.45) is 0 Å². The molecule has 0 N–H and O–H groups in total. The first-order valence-corrected chi connectivity index (χ1v) is 12.1. The molecule has 2 fully saturated rings. The Morgan fingerprint density at radius 3 is 2.43 bits per heavy atom. The number of nitrogens with zero attached hydrogens (tertiary/aromatic N) is 4. The number of hydrogen-bond donors (Lipinski definition) is 0. The SMILES string of the molecule is C[C@@H](C(=O)N(C)C1(C#N)CCCCC1)N1CCN(S(=O)(=O)c2cccs2)CC1. The molecule has 9 heteroatoms. The largest absolute Gasteiger partial charge is 0.326 e. The molecule has 0 bridgehead atoms. The normalized spacial score (nSPS) is 22.3. The van der Waals surface area contributed by atoms with Crippen molar-refractivity contribution < 1.29 is 13.2 Å². The zero-order chi connectivity index (χ0) is 20.4. The van der Waals surface area contributed by atoms with Crippen LogP contribution in [0.5, 0.6) is 0 Å². The maximum absolute atomic E-state index is 13.1. The zero-order valence-electron chi connectivity index (χ0n) is 16.5. The van der Waals surface area contributed by atoms with Gasteiger partial charge < -0.3 is 4.90 Å². The zero-order valence-corrected chi connectivity index (χ0v) is 18.1. The van der Waals surface area contributed by atoms with Crippen LogP contribution in [0.2, 0.25) is 0 Å². The van der Waals surface area contributed by atoms with Crippen LogP contribution in [-0.4, -0.2) is 73.2 Å². The van der Waals surface area contributed by atoms with E-state index in [4.69, 9.17) is 0 Å². The number of carbonyl (C=O) groups excluding carboxylic acids is 1. The first-order valence-electron chi connectivity index (χ1n) is 9.78. The highest BCUT2D eigenvalue weighted by Crippen LogP contribution is 2.33. The summed E-state index contributed by atoms with van der Waals surface area (Å²) in [5, 5.41) is 11.5. The Morgan fingerprint density at radius 2 is 1.89 bits per heavy atom. The summed E-state index contributed by atoms with van der Waals surface area (Å²) in [5.41, 5.74) is -0.700. The van der Waals surface area contributed by atoms with Gasteiger partial charge in [-0.1, -0.05) is 25.3 Å². The molecule has 1 aliphatic heterocycles. The van der Waals surface area contributed by atoms with Gasteiger partial charge in [-0.2, -0.15) is 9.57 Å². The Hall–Kier alpha value is -1.47. The predicted octanol–water partition coefficient (Wildman–Crippen LogP) is 2.13. The maximum atomic E-state index is 13.1. The highest BCUT2D eigenvalue weighted by molar-refractivity contribution is 7.91. The molecule has 0 spiro atoms. The van der Waals surface area contributed by atoms with Crippen molar-refractivity contribution in [2.45, 2.75) is 54.8 Å². The third-order valence-electron chi connectivity index (χ3n) is 6.13. The highest BCUT2D eigenvalue weighted by atomic mass is 32.2. The molecular weight excluding hydrogens is 396 g/mol. The molecule has 7 nitrogen and oxygen atoms in total. The summed E-state index contributed by atoms with van der Waals surface area (Å²) >= 11 is 1.22. The van der Waals surface area contributed by atoms with Gasteiger partial charge in [-0.05, 0) is 31.2 Å². The summed E-state index contributed by atoms with van der Waals surface area (Å²) in [7, 11) is -1.71. The van der Waals surface area contributed by atoms with Gasteiger partial charge in [0.1, 0.15) is 9.75 Å². The van der Waals surface area contributed by atoms with E-state index in [-0.39, 0.29) is 11.9 Å². The molecule has 1 amide bonds. The molecule has 0 radical (unpaired) electrons. The van der Waals surface area contributed by atoms with Crippen molar-refractivity contribution in [3.63, 3.8) is 0 Å². The molecule has 1 aliphatic carbocycles. The number of rotatable bonds is 5. The molecule has 0 unspecified atom stereocenters. The molecule has 28 heavy (non-hydrogen) atoms. The van der Waals surface area contributed by atoms with Gasteiger partial charge in [0.05, 0.1) is 12.1 Å². The van der Waals surface area contributed by atoms with Gasteiger partial charge in [0, 0.05) is 33.2 Å². The minimum Gasteiger partial charge on any atom is -0.326 e. The molecule has 1 saturated heterocycles. The Morgan fingerprint density at radius 1 is 1.25 bits per heavy atom. The van der Waals surface area contributed by atoms with Crippen molar-refractivity contribution in [3.05, 3.63) is 17.5 Å². The maximum Gasteiger partial charge on any atom is 0.252 e. The van der Waals surface area contributed by atoms with Crippen LogP contribution in [0.25, 0.3) is 0 Å². The fourth-order valence-electron chi connectivity index (χ4n) is 4.17. The second kappa shape index (κ2) is 8.49. The fourth-order valence-corrected chi connectivity index (χ4v) is 6.74. The van der Waals surface area contributed by atoms with E-state index >= 15 is 0 Å². The number of piperazine rings is 1. The van der Waals surface area contributed by atoms with E-state index in [0.29, 0.717) is 30.4 Å². The number of amides is 1. The van der Waals surface area contributed by atoms with E-state index in [0.717, 1.165) is 32.1 Å². The van der Waals surface area contributed by atoms with Crippen LogP contribution in [0.4, 0.5) is 0 Å². The molecule has 2 heterocycles. The summed E-state index contributed by atoms with van der Waals surface area (Å²) in [6.45, 7) is 3.60. The smallest absolute Gasteiger partial charge is 0.252 e. The fraction of sp³-hybridized carbons (Fsp3) is 0.684. The lowest BCUT2D eigenvalue weighted by Crippen LogP contribution is -2.58. The van der Waals surface area contributed by atoms with Gasteiger partial charge in [-0.15, -0.1) is 11.3 Å². The van der Waals surface area contributed by atoms with Crippen LogP contribution in [0, 0.1) is 11.3 Å².